The Morgan fingerprint density at radius 3 is 2.21 bits per heavy atom. The average molecular weight is 307 g/mol. The maximum atomic E-state index is 11.2. The second-order valence-electron chi connectivity index (χ2n) is 6.90. The van der Waals surface area contributed by atoms with Gasteiger partial charge < -0.3 is 0 Å². The van der Waals surface area contributed by atoms with Gasteiger partial charge in [-0.25, -0.2) is 5.14 Å². The summed E-state index contributed by atoms with van der Waals surface area (Å²) in [5.41, 5.74) is 0. The molecule has 6 heteroatoms. The molecule has 0 aliphatic rings. The molecule has 0 fully saturated rings. The van der Waals surface area contributed by atoms with Crippen LogP contribution in [-0.2, 0) is 10.2 Å². The lowest BCUT2D eigenvalue weighted by molar-refractivity contribution is 0.516. The van der Waals surface area contributed by atoms with E-state index in [1.54, 1.807) is 0 Å². The van der Waals surface area contributed by atoms with Gasteiger partial charge in [-0.05, 0) is 24.3 Å². The molecule has 0 aliphatic carbocycles. The van der Waals surface area contributed by atoms with Gasteiger partial charge in [0.1, 0.15) is 0 Å². The van der Waals surface area contributed by atoms with Crippen LogP contribution in [0.3, 0.4) is 0 Å². The molecule has 0 radical (unpaired) electrons. The normalized spacial score (nSPS) is 15.3. The summed E-state index contributed by atoms with van der Waals surface area (Å²) >= 11 is 0. The first-order chi connectivity index (χ1) is 8.39. The van der Waals surface area contributed by atoms with Crippen molar-refractivity contribution in [2.75, 3.05) is 0 Å². The van der Waals surface area contributed by atoms with E-state index in [0.29, 0.717) is 5.04 Å². The molecule has 0 rings (SSSR count). The summed E-state index contributed by atoms with van der Waals surface area (Å²) in [4.78, 5) is 0. The maximum absolute atomic E-state index is 11.2. The van der Waals surface area contributed by atoms with Crippen LogP contribution in [0.25, 0.3) is 0 Å². The fraction of sp³-hybridized carbons (Fsp3) is 0.846. The highest BCUT2D eigenvalue weighted by molar-refractivity contribution is 7.87. The first-order valence-corrected chi connectivity index (χ1v) is 11.6. The zero-order chi connectivity index (χ0) is 15.3. The third kappa shape index (κ3) is 7.87. The second kappa shape index (κ2) is 7.01. The van der Waals surface area contributed by atoms with E-state index in [0.717, 1.165) is 25.3 Å². The smallest absolute Gasteiger partial charge is 0.216 e. The Kier molecular flexibility index (Phi) is 6.95. The summed E-state index contributed by atoms with van der Waals surface area (Å²) in [6, 6.07) is 1.00. The summed E-state index contributed by atoms with van der Waals surface area (Å²) in [5, 5.41) is 5.40. The predicted octanol–water partition coefficient (Wildman–Crippen LogP) is 3.01. The van der Waals surface area contributed by atoms with Gasteiger partial charge in [0.05, 0.1) is 8.07 Å². The highest BCUT2D eigenvalue weighted by Gasteiger charge is 2.35. The molecule has 19 heavy (non-hydrogen) atoms. The monoisotopic (exact) mass is 306 g/mol. The lowest BCUT2D eigenvalue weighted by Crippen LogP contribution is -2.42. The minimum atomic E-state index is -3.63. The summed E-state index contributed by atoms with van der Waals surface area (Å²) in [7, 11) is -5.01. The van der Waals surface area contributed by atoms with Crippen molar-refractivity contribution in [2.45, 2.75) is 70.3 Å². The molecule has 1 atom stereocenters. The average Bonchev–Trinajstić information content (AvgIpc) is 2.18. The summed E-state index contributed by atoms with van der Waals surface area (Å²) in [6.07, 6.45) is 4.21. The SMILES string of the molecule is C=CCCC(CC[Si](C)(C)C(C)(C)C)NS(N)(=O)=O. The minimum absolute atomic E-state index is 0.0814. The lowest BCUT2D eigenvalue weighted by atomic mass is 10.1. The minimum Gasteiger partial charge on any atom is -0.216 e. The van der Waals surface area contributed by atoms with Crippen molar-refractivity contribution in [1.82, 2.24) is 4.72 Å². The summed E-state index contributed by atoms with van der Waals surface area (Å²) in [6.45, 7) is 15.2. The molecular formula is C13H30N2O2SSi. The Bertz CT molecular complexity index is 386. The molecule has 0 spiro atoms. The summed E-state index contributed by atoms with van der Waals surface area (Å²) < 4.78 is 24.9. The van der Waals surface area contributed by atoms with Crippen molar-refractivity contribution < 1.29 is 8.42 Å². The maximum Gasteiger partial charge on any atom is 0.274 e. The van der Waals surface area contributed by atoms with Crippen LogP contribution >= 0.6 is 0 Å². The van der Waals surface area contributed by atoms with Crippen LogP contribution < -0.4 is 9.86 Å². The molecule has 0 saturated carbocycles. The number of nitrogens with one attached hydrogen (secondary N) is 1. The predicted molar refractivity (Wildman–Crippen MR) is 86.1 cm³/mol. The zero-order valence-electron chi connectivity index (χ0n) is 13.0. The fourth-order valence-corrected chi connectivity index (χ4v) is 4.24. The largest absolute Gasteiger partial charge is 0.274 e. The van der Waals surface area contributed by atoms with E-state index in [4.69, 9.17) is 5.14 Å². The van der Waals surface area contributed by atoms with E-state index >= 15 is 0 Å². The molecule has 0 saturated heterocycles. The topological polar surface area (TPSA) is 72.2 Å². The van der Waals surface area contributed by atoms with Crippen LogP contribution in [0, 0.1) is 0 Å². The number of allylic oxidation sites excluding steroid dienone is 1. The fourth-order valence-electron chi connectivity index (χ4n) is 1.72. The standard InChI is InChI=1S/C13H30N2O2SSi/c1-7-8-9-12(15-18(14,16)17)10-11-19(5,6)13(2,3)4/h7,12,15H,1,8-11H2,2-6H3,(H2,14,16,17). The molecule has 4 nitrogen and oxygen atoms in total. The summed E-state index contributed by atoms with van der Waals surface area (Å²) in [5.74, 6) is 0. The van der Waals surface area contributed by atoms with Crippen molar-refractivity contribution in [2.24, 2.45) is 5.14 Å². The van der Waals surface area contributed by atoms with Crippen LogP contribution in [0.4, 0.5) is 0 Å². The Morgan fingerprint density at radius 1 is 1.32 bits per heavy atom. The van der Waals surface area contributed by atoms with E-state index in [1.807, 2.05) is 6.08 Å². The highest BCUT2D eigenvalue weighted by Crippen LogP contribution is 2.39. The molecule has 0 bridgehead atoms. The van der Waals surface area contributed by atoms with Gasteiger partial charge in [-0.3, -0.25) is 0 Å². The first-order valence-electron chi connectivity index (χ1n) is 6.80. The van der Waals surface area contributed by atoms with Crippen LogP contribution in [0.2, 0.25) is 24.2 Å². The molecule has 0 aliphatic heterocycles. The Labute approximate surface area is 120 Å². The van der Waals surface area contributed by atoms with Crippen molar-refractivity contribution in [3.05, 3.63) is 12.7 Å². The van der Waals surface area contributed by atoms with Gasteiger partial charge >= 0.3 is 0 Å². The van der Waals surface area contributed by atoms with Crippen molar-refractivity contribution >= 4 is 18.3 Å². The number of hydrogen-bond acceptors (Lipinski definition) is 2. The molecule has 0 heterocycles. The number of nitrogens with two attached hydrogens (primary N) is 1. The second-order valence-corrected chi connectivity index (χ2v) is 14.0. The van der Waals surface area contributed by atoms with Crippen molar-refractivity contribution in [3.8, 4) is 0 Å². The van der Waals surface area contributed by atoms with Crippen LogP contribution in [0.1, 0.15) is 40.0 Å². The highest BCUT2D eigenvalue weighted by atomic mass is 32.2. The number of rotatable bonds is 8. The molecular weight excluding hydrogens is 276 g/mol. The third-order valence-electron chi connectivity index (χ3n) is 4.20. The molecule has 0 aromatic rings. The van der Waals surface area contributed by atoms with E-state index < -0.39 is 18.3 Å². The zero-order valence-corrected chi connectivity index (χ0v) is 14.8. The quantitative estimate of drug-likeness (QED) is 0.534. The van der Waals surface area contributed by atoms with Crippen LogP contribution in [-0.4, -0.2) is 22.5 Å². The van der Waals surface area contributed by atoms with Gasteiger partial charge in [0.25, 0.3) is 10.2 Å². The first kappa shape index (κ1) is 18.8. The molecule has 0 aromatic heterocycles. The van der Waals surface area contributed by atoms with Gasteiger partial charge in [-0.1, -0.05) is 46.0 Å². The Morgan fingerprint density at radius 2 is 1.84 bits per heavy atom. The van der Waals surface area contributed by atoms with Gasteiger partial charge in [0.15, 0.2) is 0 Å². The third-order valence-corrected chi connectivity index (χ3v) is 10.5. The van der Waals surface area contributed by atoms with E-state index in [2.05, 4.69) is 45.2 Å². The number of hydrogen-bond donors (Lipinski definition) is 2. The Balaban J connectivity index is 4.61. The van der Waals surface area contributed by atoms with E-state index in [9.17, 15) is 8.42 Å². The van der Waals surface area contributed by atoms with E-state index in [1.165, 1.54) is 0 Å². The van der Waals surface area contributed by atoms with Crippen molar-refractivity contribution in [3.63, 3.8) is 0 Å². The van der Waals surface area contributed by atoms with E-state index in [-0.39, 0.29) is 6.04 Å². The molecule has 3 N–H and O–H groups in total. The van der Waals surface area contributed by atoms with Crippen LogP contribution in [0.5, 0.6) is 0 Å². The molecule has 1 unspecified atom stereocenters. The van der Waals surface area contributed by atoms with Crippen LogP contribution in [0.15, 0.2) is 12.7 Å². The Hall–Kier alpha value is -0.173. The molecule has 114 valence electrons. The van der Waals surface area contributed by atoms with Gasteiger partial charge in [0.2, 0.25) is 0 Å². The molecule has 0 aromatic carbocycles. The van der Waals surface area contributed by atoms with Crippen molar-refractivity contribution in [1.29, 1.82) is 0 Å². The van der Waals surface area contributed by atoms with Gasteiger partial charge in [-0.2, -0.15) is 13.1 Å². The van der Waals surface area contributed by atoms with Gasteiger partial charge in [-0.15, -0.1) is 6.58 Å². The molecule has 0 amide bonds. The van der Waals surface area contributed by atoms with Gasteiger partial charge in [0, 0.05) is 6.04 Å². The lowest BCUT2D eigenvalue weighted by Gasteiger charge is -2.38.